The van der Waals surface area contributed by atoms with Crippen LogP contribution in [0.3, 0.4) is 0 Å². The Bertz CT molecular complexity index is 878. The van der Waals surface area contributed by atoms with Gasteiger partial charge in [0.05, 0.1) is 17.8 Å². The van der Waals surface area contributed by atoms with E-state index in [9.17, 15) is 5.11 Å². The van der Waals surface area contributed by atoms with Crippen LogP contribution in [0.15, 0.2) is 6.33 Å². The first-order valence-corrected chi connectivity index (χ1v) is 8.70. The molecule has 0 spiro atoms. The Morgan fingerprint density at radius 2 is 2.00 bits per heavy atom. The number of nitrogens with two attached hydrogens (primary N) is 1. The van der Waals surface area contributed by atoms with Crippen LogP contribution < -0.4 is 5.73 Å². The van der Waals surface area contributed by atoms with Crippen LogP contribution in [-0.4, -0.2) is 30.2 Å². The number of aromatic nitrogens is 4. The Hall–Kier alpha value is -2.13. The highest BCUT2D eigenvalue weighted by Gasteiger charge is 2.55. The maximum Gasteiger partial charge on any atom is 0.208 e. The average molecular weight is 323 g/mol. The van der Waals surface area contributed by atoms with Crippen molar-refractivity contribution in [2.75, 3.05) is 5.73 Å². The van der Waals surface area contributed by atoms with E-state index in [-0.39, 0.29) is 5.92 Å². The van der Waals surface area contributed by atoms with E-state index in [1.807, 2.05) is 11.6 Å². The molecule has 0 amide bonds. The molecule has 3 unspecified atom stereocenters. The molecule has 4 aliphatic carbocycles. The molecular formula is C18H21N5O. The van der Waals surface area contributed by atoms with Gasteiger partial charge in [-0.05, 0) is 55.8 Å². The normalized spacial score (nSPS) is 36.8. The fraction of sp³-hybridized carbons (Fsp3) is 0.611. The fourth-order valence-electron chi connectivity index (χ4n) is 5.48. The number of anilines is 1. The summed E-state index contributed by atoms with van der Waals surface area (Å²) in [7, 11) is 1.87. The molecule has 124 valence electrons. The lowest BCUT2D eigenvalue weighted by atomic mass is 9.50. The number of nitrogens with zero attached hydrogens (tertiary/aromatic N) is 4. The van der Waals surface area contributed by atoms with E-state index in [2.05, 4.69) is 26.8 Å². The smallest absolute Gasteiger partial charge is 0.208 e. The van der Waals surface area contributed by atoms with Crippen molar-refractivity contribution in [1.29, 1.82) is 0 Å². The molecular weight excluding hydrogens is 302 g/mol. The molecule has 0 radical (unpaired) electrons. The second kappa shape index (κ2) is 4.70. The van der Waals surface area contributed by atoms with Crippen molar-refractivity contribution in [2.24, 2.45) is 30.7 Å². The summed E-state index contributed by atoms with van der Waals surface area (Å²) in [5, 5.41) is 11.1. The highest BCUT2D eigenvalue weighted by Crippen LogP contribution is 2.58. The number of aliphatic hydroxyl groups is 1. The molecule has 6 rings (SSSR count). The summed E-state index contributed by atoms with van der Waals surface area (Å²) in [6.45, 7) is 0. The monoisotopic (exact) mass is 323 g/mol. The average Bonchev–Trinajstić information content (AvgIpc) is 2.87. The number of hydrogen-bond acceptors (Lipinski definition) is 5. The van der Waals surface area contributed by atoms with Gasteiger partial charge >= 0.3 is 0 Å². The number of rotatable bonds is 0. The van der Waals surface area contributed by atoms with Crippen LogP contribution in [0.5, 0.6) is 0 Å². The van der Waals surface area contributed by atoms with Crippen molar-refractivity contribution >= 4 is 17.0 Å². The summed E-state index contributed by atoms with van der Waals surface area (Å²) in [4.78, 5) is 13.0. The molecule has 6 heteroatoms. The van der Waals surface area contributed by atoms with Crippen molar-refractivity contribution in [3.05, 3.63) is 12.2 Å². The predicted octanol–water partition coefficient (Wildman–Crippen LogP) is 1.48. The fourth-order valence-corrected chi connectivity index (χ4v) is 5.48. The molecule has 3 atom stereocenters. The first-order chi connectivity index (χ1) is 11.5. The third kappa shape index (κ3) is 1.97. The molecule has 4 aliphatic rings. The highest BCUT2D eigenvalue weighted by molar-refractivity contribution is 5.81. The second-order valence-electron chi connectivity index (χ2n) is 7.92. The molecule has 4 fully saturated rings. The topological polar surface area (TPSA) is 89.9 Å². The summed E-state index contributed by atoms with van der Waals surface area (Å²) in [6, 6.07) is 0. The Balaban J connectivity index is 1.52. The standard InChI is InChI=1S/C18H21N5O/c1-23-9-20-15-16(19)21-14(22-17(15)23)3-2-13-12-5-10-4-11(6-12)8-18(13,24)7-10/h9-13,24H,4-8H2,1H3,(H2,19,21,22). The summed E-state index contributed by atoms with van der Waals surface area (Å²) in [5.41, 5.74) is 6.67. The molecule has 24 heavy (non-hydrogen) atoms. The van der Waals surface area contributed by atoms with Gasteiger partial charge in [-0.3, -0.25) is 0 Å². The third-order valence-corrected chi connectivity index (χ3v) is 6.20. The van der Waals surface area contributed by atoms with E-state index in [1.165, 1.54) is 19.3 Å². The molecule has 6 nitrogen and oxygen atoms in total. The quantitative estimate of drug-likeness (QED) is 0.717. The lowest BCUT2D eigenvalue weighted by Gasteiger charge is -2.57. The van der Waals surface area contributed by atoms with Gasteiger partial charge in [0.25, 0.3) is 0 Å². The van der Waals surface area contributed by atoms with Gasteiger partial charge in [0.2, 0.25) is 5.82 Å². The molecule has 4 bridgehead atoms. The van der Waals surface area contributed by atoms with Crippen LogP contribution in [0.25, 0.3) is 11.2 Å². The van der Waals surface area contributed by atoms with Crippen molar-refractivity contribution in [1.82, 2.24) is 19.5 Å². The molecule has 3 N–H and O–H groups in total. The van der Waals surface area contributed by atoms with E-state index in [4.69, 9.17) is 5.73 Å². The Morgan fingerprint density at radius 1 is 1.25 bits per heavy atom. The lowest BCUT2D eigenvalue weighted by Crippen LogP contribution is -2.56. The van der Waals surface area contributed by atoms with Crippen LogP contribution >= 0.6 is 0 Å². The Kier molecular flexibility index (Phi) is 2.79. The molecule has 4 saturated carbocycles. The Morgan fingerprint density at radius 3 is 2.71 bits per heavy atom. The molecule has 2 aromatic rings. The minimum atomic E-state index is -0.607. The van der Waals surface area contributed by atoms with Crippen LogP contribution in [0.1, 0.15) is 37.9 Å². The van der Waals surface area contributed by atoms with Gasteiger partial charge in [0.15, 0.2) is 11.5 Å². The van der Waals surface area contributed by atoms with Gasteiger partial charge in [0, 0.05) is 7.05 Å². The number of fused-ring (bicyclic) bond motifs is 1. The zero-order chi connectivity index (χ0) is 16.5. The third-order valence-electron chi connectivity index (χ3n) is 6.20. The van der Waals surface area contributed by atoms with Crippen molar-refractivity contribution < 1.29 is 5.11 Å². The number of imidazole rings is 1. The van der Waals surface area contributed by atoms with Gasteiger partial charge in [-0.15, -0.1) is 0 Å². The van der Waals surface area contributed by atoms with E-state index in [0.717, 1.165) is 12.8 Å². The summed E-state index contributed by atoms with van der Waals surface area (Å²) < 4.78 is 1.81. The minimum Gasteiger partial charge on any atom is -0.389 e. The van der Waals surface area contributed by atoms with Gasteiger partial charge in [-0.2, -0.15) is 0 Å². The van der Waals surface area contributed by atoms with Gasteiger partial charge in [0.1, 0.15) is 5.52 Å². The summed E-state index contributed by atoms with van der Waals surface area (Å²) in [6.07, 6.45) is 7.21. The Labute approximate surface area is 140 Å². The van der Waals surface area contributed by atoms with Gasteiger partial charge < -0.3 is 15.4 Å². The predicted molar refractivity (Wildman–Crippen MR) is 89.6 cm³/mol. The maximum absolute atomic E-state index is 11.1. The molecule has 2 heterocycles. The lowest BCUT2D eigenvalue weighted by molar-refractivity contribution is -0.152. The van der Waals surface area contributed by atoms with Crippen molar-refractivity contribution in [2.45, 2.75) is 37.7 Å². The number of aryl methyl sites for hydroxylation is 1. The molecule has 0 aromatic carbocycles. The zero-order valence-electron chi connectivity index (χ0n) is 13.7. The second-order valence-corrected chi connectivity index (χ2v) is 7.92. The van der Waals surface area contributed by atoms with Gasteiger partial charge in [-0.1, -0.05) is 5.92 Å². The van der Waals surface area contributed by atoms with E-state index in [1.54, 1.807) is 6.33 Å². The summed E-state index contributed by atoms with van der Waals surface area (Å²) in [5.74, 6) is 9.14. The van der Waals surface area contributed by atoms with Crippen LogP contribution in [0.4, 0.5) is 5.82 Å². The molecule has 0 saturated heterocycles. The van der Waals surface area contributed by atoms with E-state index < -0.39 is 5.60 Å². The van der Waals surface area contributed by atoms with E-state index in [0.29, 0.717) is 40.6 Å². The molecule has 2 aromatic heterocycles. The van der Waals surface area contributed by atoms with Gasteiger partial charge in [-0.25, -0.2) is 15.0 Å². The first-order valence-electron chi connectivity index (χ1n) is 8.70. The zero-order valence-corrected chi connectivity index (χ0v) is 13.7. The maximum atomic E-state index is 11.1. The van der Waals surface area contributed by atoms with Crippen LogP contribution in [-0.2, 0) is 7.05 Å². The minimum absolute atomic E-state index is 0.0392. The van der Waals surface area contributed by atoms with Crippen molar-refractivity contribution in [3.63, 3.8) is 0 Å². The SMILES string of the molecule is Cn1cnc2c(N)nc(C#CC3C4CC5CC(C4)CC3(O)C5)nc21. The van der Waals surface area contributed by atoms with Crippen LogP contribution in [0, 0.1) is 35.5 Å². The number of nitrogen functional groups attached to an aromatic ring is 1. The highest BCUT2D eigenvalue weighted by atomic mass is 16.3. The van der Waals surface area contributed by atoms with Crippen molar-refractivity contribution in [3.8, 4) is 11.8 Å². The first kappa shape index (κ1) is 14.2. The van der Waals surface area contributed by atoms with Crippen LogP contribution in [0.2, 0.25) is 0 Å². The number of hydrogen-bond donors (Lipinski definition) is 2. The van der Waals surface area contributed by atoms with E-state index >= 15 is 0 Å². The molecule has 0 aliphatic heterocycles. The largest absolute Gasteiger partial charge is 0.389 e. The summed E-state index contributed by atoms with van der Waals surface area (Å²) >= 11 is 0.